The molecule has 154 valence electrons. The standard InChI is InChI=1S/C23H21BrN2O3S/c24-20-8-10-21(11-9-20)25-23(27)19-5-3-4-18(16-19)17-6-12-22(13-7-17)30(28,29)26-14-1-2-15-26/h3-13,16H,1-2,14-15H2,(H,25,27). The number of hydrogen-bond acceptors (Lipinski definition) is 3. The van der Waals surface area contributed by atoms with E-state index in [0.29, 0.717) is 29.2 Å². The van der Waals surface area contributed by atoms with Crippen LogP contribution in [0.1, 0.15) is 23.2 Å². The molecule has 30 heavy (non-hydrogen) atoms. The first-order valence-corrected chi connectivity index (χ1v) is 11.9. The number of amides is 1. The van der Waals surface area contributed by atoms with Crippen molar-refractivity contribution in [3.63, 3.8) is 0 Å². The first kappa shape index (κ1) is 20.8. The van der Waals surface area contributed by atoms with E-state index in [1.807, 2.05) is 36.4 Å². The number of nitrogens with one attached hydrogen (secondary N) is 1. The second-order valence-corrected chi connectivity index (χ2v) is 10.0. The molecule has 0 atom stereocenters. The van der Waals surface area contributed by atoms with Crippen molar-refractivity contribution in [1.82, 2.24) is 4.31 Å². The molecule has 0 radical (unpaired) electrons. The van der Waals surface area contributed by atoms with Crippen molar-refractivity contribution in [3.05, 3.63) is 82.8 Å². The lowest BCUT2D eigenvalue weighted by molar-refractivity contribution is 0.102. The number of carbonyl (C=O) groups excluding carboxylic acids is 1. The van der Waals surface area contributed by atoms with Crippen LogP contribution in [0.15, 0.2) is 82.2 Å². The molecule has 0 aromatic heterocycles. The summed E-state index contributed by atoms with van der Waals surface area (Å²) in [5.74, 6) is -0.201. The molecule has 1 fully saturated rings. The van der Waals surface area contributed by atoms with E-state index in [2.05, 4.69) is 21.2 Å². The van der Waals surface area contributed by atoms with Gasteiger partial charge >= 0.3 is 0 Å². The fraction of sp³-hybridized carbons (Fsp3) is 0.174. The Morgan fingerprint density at radius 2 is 1.53 bits per heavy atom. The van der Waals surface area contributed by atoms with Crippen LogP contribution >= 0.6 is 15.9 Å². The second kappa shape index (κ2) is 8.71. The molecule has 0 unspecified atom stereocenters. The summed E-state index contributed by atoms with van der Waals surface area (Å²) in [4.78, 5) is 12.9. The molecule has 1 amide bonds. The molecular weight excluding hydrogens is 464 g/mol. The molecule has 1 aliphatic rings. The Morgan fingerprint density at radius 3 is 2.20 bits per heavy atom. The Kier molecular flexibility index (Phi) is 6.04. The summed E-state index contributed by atoms with van der Waals surface area (Å²) in [5.41, 5.74) is 2.95. The molecule has 1 N–H and O–H groups in total. The number of sulfonamides is 1. The van der Waals surface area contributed by atoms with E-state index >= 15 is 0 Å². The van der Waals surface area contributed by atoms with Crippen molar-refractivity contribution in [3.8, 4) is 11.1 Å². The molecule has 7 heteroatoms. The third-order valence-corrected chi connectivity index (χ3v) is 7.56. The Morgan fingerprint density at radius 1 is 0.867 bits per heavy atom. The Hall–Kier alpha value is -2.48. The van der Waals surface area contributed by atoms with Crippen LogP contribution in [0.5, 0.6) is 0 Å². The van der Waals surface area contributed by atoms with Gasteiger partial charge in [0.1, 0.15) is 0 Å². The molecule has 0 bridgehead atoms. The summed E-state index contributed by atoms with van der Waals surface area (Å²) in [6, 6.07) is 21.5. The van der Waals surface area contributed by atoms with Crippen molar-refractivity contribution >= 4 is 37.5 Å². The SMILES string of the molecule is O=C(Nc1ccc(Br)cc1)c1cccc(-c2ccc(S(=O)(=O)N3CCCC3)cc2)c1. The number of carbonyl (C=O) groups is 1. The number of hydrogen-bond donors (Lipinski definition) is 1. The molecule has 4 rings (SSSR count). The van der Waals surface area contributed by atoms with Gasteiger partial charge < -0.3 is 5.32 Å². The third-order valence-electron chi connectivity index (χ3n) is 5.12. The minimum Gasteiger partial charge on any atom is -0.322 e. The van der Waals surface area contributed by atoms with Gasteiger partial charge in [-0.05, 0) is 72.5 Å². The summed E-state index contributed by atoms with van der Waals surface area (Å²) >= 11 is 3.38. The molecule has 0 aliphatic carbocycles. The summed E-state index contributed by atoms with van der Waals surface area (Å²) in [6.07, 6.45) is 1.82. The smallest absolute Gasteiger partial charge is 0.255 e. The van der Waals surface area contributed by atoms with E-state index in [9.17, 15) is 13.2 Å². The highest BCUT2D eigenvalue weighted by Crippen LogP contribution is 2.26. The van der Waals surface area contributed by atoms with Crippen LogP contribution in [0.2, 0.25) is 0 Å². The highest BCUT2D eigenvalue weighted by Gasteiger charge is 2.26. The zero-order chi connectivity index (χ0) is 21.1. The normalized spacial score (nSPS) is 14.6. The van der Waals surface area contributed by atoms with Crippen molar-refractivity contribution < 1.29 is 13.2 Å². The van der Waals surface area contributed by atoms with Crippen LogP contribution in [-0.2, 0) is 10.0 Å². The van der Waals surface area contributed by atoms with Gasteiger partial charge in [-0.25, -0.2) is 8.42 Å². The summed E-state index contributed by atoms with van der Waals surface area (Å²) in [5, 5.41) is 2.88. The predicted octanol–water partition coefficient (Wildman–Crippen LogP) is 5.15. The molecule has 3 aromatic carbocycles. The number of nitrogens with zero attached hydrogens (tertiary/aromatic N) is 1. The minimum atomic E-state index is -3.43. The van der Waals surface area contributed by atoms with Crippen molar-refractivity contribution in [2.24, 2.45) is 0 Å². The zero-order valence-corrected chi connectivity index (χ0v) is 18.6. The van der Waals surface area contributed by atoms with Crippen LogP contribution in [0.25, 0.3) is 11.1 Å². The third kappa shape index (κ3) is 4.48. The number of benzene rings is 3. The number of halogens is 1. The Balaban J connectivity index is 1.53. The van der Waals surface area contributed by atoms with E-state index in [-0.39, 0.29) is 5.91 Å². The topological polar surface area (TPSA) is 66.5 Å². The number of rotatable bonds is 5. The van der Waals surface area contributed by atoms with Crippen molar-refractivity contribution in [2.75, 3.05) is 18.4 Å². The maximum absolute atomic E-state index is 12.7. The van der Waals surface area contributed by atoms with Gasteiger partial charge in [-0.3, -0.25) is 4.79 Å². The first-order chi connectivity index (χ1) is 14.4. The summed E-state index contributed by atoms with van der Waals surface area (Å²) < 4.78 is 27.9. The molecule has 1 heterocycles. The second-order valence-electron chi connectivity index (χ2n) is 7.18. The highest BCUT2D eigenvalue weighted by atomic mass is 79.9. The van der Waals surface area contributed by atoms with Gasteiger partial charge in [0.2, 0.25) is 10.0 Å². The van der Waals surface area contributed by atoms with Gasteiger partial charge in [-0.1, -0.05) is 40.2 Å². The molecule has 1 aliphatic heterocycles. The fourth-order valence-electron chi connectivity index (χ4n) is 3.47. The highest BCUT2D eigenvalue weighted by molar-refractivity contribution is 9.10. The predicted molar refractivity (Wildman–Crippen MR) is 122 cm³/mol. The van der Waals surface area contributed by atoms with Gasteiger partial charge in [0.15, 0.2) is 0 Å². The molecular formula is C23H21BrN2O3S. The lowest BCUT2D eigenvalue weighted by Gasteiger charge is -2.15. The van der Waals surface area contributed by atoms with E-state index in [4.69, 9.17) is 0 Å². The number of anilines is 1. The van der Waals surface area contributed by atoms with Crippen LogP contribution in [0, 0.1) is 0 Å². The Labute approximate surface area is 184 Å². The lowest BCUT2D eigenvalue weighted by Crippen LogP contribution is -2.27. The van der Waals surface area contributed by atoms with Gasteiger partial charge in [0, 0.05) is 28.8 Å². The maximum atomic E-state index is 12.7. The van der Waals surface area contributed by atoms with Crippen LogP contribution in [-0.4, -0.2) is 31.7 Å². The Bertz CT molecular complexity index is 1150. The van der Waals surface area contributed by atoms with Gasteiger partial charge in [-0.2, -0.15) is 4.31 Å². The van der Waals surface area contributed by atoms with Crippen LogP contribution < -0.4 is 5.32 Å². The zero-order valence-electron chi connectivity index (χ0n) is 16.2. The average Bonchev–Trinajstić information content (AvgIpc) is 3.31. The van der Waals surface area contributed by atoms with Crippen molar-refractivity contribution in [2.45, 2.75) is 17.7 Å². The molecule has 5 nitrogen and oxygen atoms in total. The largest absolute Gasteiger partial charge is 0.322 e. The van der Waals surface area contributed by atoms with Gasteiger partial charge in [-0.15, -0.1) is 0 Å². The first-order valence-electron chi connectivity index (χ1n) is 9.71. The van der Waals surface area contributed by atoms with E-state index in [1.54, 1.807) is 36.4 Å². The molecule has 1 saturated heterocycles. The monoisotopic (exact) mass is 484 g/mol. The quantitative estimate of drug-likeness (QED) is 0.544. The van der Waals surface area contributed by atoms with Gasteiger partial charge in [0.05, 0.1) is 4.90 Å². The van der Waals surface area contributed by atoms with Crippen molar-refractivity contribution in [1.29, 1.82) is 0 Å². The molecule has 3 aromatic rings. The summed E-state index contributed by atoms with van der Waals surface area (Å²) in [7, 11) is -3.43. The van der Waals surface area contributed by atoms with E-state index < -0.39 is 10.0 Å². The summed E-state index contributed by atoms with van der Waals surface area (Å²) in [6.45, 7) is 1.17. The fourth-order valence-corrected chi connectivity index (χ4v) is 5.25. The lowest BCUT2D eigenvalue weighted by atomic mass is 10.0. The maximum Gasteiger partial charge on any atom is 0.255 e. The van der Waals surface area contributed by atoms with E-state index in [0.717, 1.165) is 28.4 Å². The minimum absolute atomic E-state index is 0.201. The average molecular weight is 485 g/mol. The molecule has 0 saturated carbocycles. The van der Waals surface area contributed by atoms with Gasteiger partial charge in [0.25, 0.3) is 5.91 Å². The van der Waals surface area contributed by atoms with Crippen LogP contribution in [0.3, 0.4) is 0 Å². The van der Waals surface area contributed by atoms with Crippen LogP contribution in [0.4, 0.5) is 5.69 Å². The molecule has 0 spiro atoms. The van der Waals surface area contributed by atoms with E-state index in [1.165, 1.54) is 4.31 Å².